The minimum absolute atomic E-state index is 0.169. The molecule has 0 radical (unpaired) electrons. The van der Waals surface area contributed by atoms with Gasteiger partial charge in [-0.3, -0.25) is 4.90 Å². The molecule has 1 saturated carbocycles. The first-order valence-corrected chi connectivity index (χ1v) is 5.78. The summed E-state index contributed by atoms with van der Waals surface area (Å²) in [5.41, 5.74) is 5.98. The van der Waals surface area contributed by atoms with E-state index in [9.17, 15) is 0 Å². The van der Waals surface area contributed by atoms with Gasteiger partial charge in [-0.15, -0.1) is 0 Å². The molecule has 4 nitrogen and oxygen atoms in total. The van der Waals surface area contributed by atoms with E-state index in [1.54, 1.807) is 0 Å². The maximum atomic E-state index is 9.13. The van der Waals surface area contributed by atoms with Gasteiger partial charge < -0.3 is 10.5 Å². The summed E-state index contributed by atoms with van der Waals surface area (Å²) >= 11 is 0. The van der Waals surface area contributed by atoms with Gasteiger partial charge in [-0.1, -0.05) is 0 Å². The zero-order chi connectivity index (χ0) is 10.7. The molecule has 84 valence electrons. The third kappa shape index (κ3) is 2.49. The van der Waals surface area contributed by atoms with Gasteiger partial charge in [-0.05, 0) is 19.3 Å². The number of nitrogens with zero attached hydrogens (tertiary/aromatic N) is 2. The van der Waals surface area contributed by atoms with E-state index in [0.717, 1.165) is 45.6 Å². The lowest BCUT2D eigenvalue weighted by molar-refractivity contribution is -0.00205. The van der Waals surface area contributed by atoms with Crippen LogP contribution in [-0.4, -0.2) is 43.3 Å². The molecule has 2 N–H and O–H groups in total. The molecule has 3 atom stereocenters. The molecule has 2 fully saturated rings. The fourth-order valence-corrected chi connectivity index (χ4v) is 2.64. The van der Waals surface area contributed by atoms with E-state index < -0.39 is 0 Å². The smallest absolute Gasteiger partial charge is 0.0672 e. The number of morpholine rings is 1. The Morgan fingerprint density at radius 2 is 2.00 bits per heavy atom. The third-order valence-corrected chi connectivity index (χ3v) is 3.54. The van der Waals surface area contributed by atoms with Crippen LogP contribution in [0.15, 0.2) is 0 Å². The fraction of sp³-hybridized carbons (Fsp3) is 0.909. The first kappa shape index (κ1) is 10.9. The van der Waals surface area contributed by atoms with Gasteiger partial charge >= 0.3 is 0 Å². The molecular formula is C11H19N3O. The summed E-state index contributed by atoms with van der Waals surface area (Å²) in [4.78, 5) is 2.39. The van der Waals surface area contributed by atoms with Gasteiger partial charge in [0.25, 0.3) is 0 Å². The molecule has 1 heterocycles. The summed E-state index contributed by atoms with van der Waals surface area (Å²) in [6.45, 7) is 3.50. The Kier molecular flexibility index (Phi) is 3.57. The van der Waals surface area contributed by atoms with Gasteiger partial charge in [0.2, 0.25) is 0 Å². The molecule has 0 aromatic carbocycles. The van der Waals surface area contributed by atoms with Crippen LogP contribution in [0, 0.1) is 17.2 Å². The van der Waals surface area contributed by atoms with Gasteiger partial charge in [0.15, 0.2) is 0 Å². The molecule has 15 heavy (non-hydrogen) atoms. The highest BCUT2D eigenvalue weighted by Crippen LogP contribution is 2.27. The molecule has 1 aliphatic carbocycles. The van der Waals surface area contributed by atoms with Crippen molar-refractivity contribution in [2.75, 3.05) is 26.3 Å². The van der Waals surface area contributed by atoms with Crippen molar-refractivity contribution in [2.24, 2.45) is 11.7 Å². The Hall–Kier alpha value is -0.630. The van der Waals surface area contributed by atoms with Crippen molar-refractivity contribution in [2.45, 2.75) is 31.3 Å². The Morgan fingerprint density at radius 1 is 1.27 bits per heavy atom. The monoisotopic (exact) mass is 209 g/mol. The van der Waals surface area contributed by atoms with Crippen LogP contribution in [0.5, 0.6) is 0 Å². The Morgan fingerprint density at radius 3 is 2.67 bits per heavy atom. The summed E-state index contributed by atoms with van der Waals surface area (Å²) in [6, 6.07) is 3.08. The molecule has 3 unspecified atom stereocenters. The predicted octanol–water partition coefficient (Wildman–Crippen LogP) is 0.338. The van der Waals surface area contributed by atoms with Crippen LogP contribution in [0.4, 0.5) is 0 Å². The molecule has 0 aromatic heterocycles. The van der Waals surface area contributed by atoms with Crippen LogP contribution in [0.1, 0.15) is 19.3 Å². The zero-order valence-corrected chi connectivity index (χ0v) is 9.06. The van der Waals surface area contributed by atoms with Crippen molar-refractivity contribution in [1.82, 2.24) is 4.90 Å². The van der Waals surface area contributed by atoms with Crippen molar-refractivity contribution < 1.29 is 4.74 Å². The highest BCUT2D eigenvalue weighted by molar-refractivity contribution is 4.98. The fourth-order valence-electron chi connectivity index (χ4n) is 2.64. The van der Waals surface area contributed by atoms with Gasteiger partial charge in [-0.2, -0.15) is 5.26 Å². The van der Waals surface area contributed by atoms with Crippen LogP contribution < -0.4 is 5.73 Å². The maximum Gasteiger partial charge on any atom is 0.0672 e. The number of hydrogen-bond acceptors (Lipinski definition) is 4. The van der Waals surface area contributed by atoms with Crippen LogP contribution in [0.2, 0.25) is 0 Å². The van der Waals surface area contributed by atoms with E-state index in [1.807, 2.05) is 0 Å². The van der Waals surface area contributed by atoms with E-state index >= 15 is 0 Å². The van der Waals surface area contributed by atoms with E-state index in [0.29, 0.717) is 6.04 Å². The second kappa shape index (κ2) is 4.93. The van der Waals surface area contributed by atoms with Crippen LogP contribution in [-0.2, 0) is 4.74 Å². The molecule has 0 aromatic rings. The Bertz CT molecular complexity index is 245. The average Bonchev–Trinajstić information content (AvgIpc) is 2.30. The number of nitrogens with two attached hydrogens (primary N) is 1. The molecule has 1 saturated heterocycles. The Balaban J connectivity index is 1.99. The highest BCUT2D eigenvalue weighted by Gasteiger charge is 2.33. The molecule has 0 spiro atoms. The molecular weight excluding hydrogens is 190 g/mol. The summed E-state index contributed by atoms with van der Waals surface area (Å²) in [7, 11) is 0. The zero-order valence-electron chi connectivity index (χ0n) is 9.06. The van der Waals surface area contributed by atoms with Crippen molar-refractivity contribution in [3.63, 3.8) is 0 Å². The molecule has 0 amide bonds. The van der Waals surface area contributed by atoms with Crippen LogP contribution in [0.25, 0.3) is 0 Å². The lowest BCUT2D eigenvalue weighted by Crippen LogP contribution is -2.51. The number of ether oxygens (including phenoxy) is 1. The van der Waals surface area contributed by atoms with Crippen LogP contribution in [0.3, 0.4) is 0 Å². The van der Waals surface area contributed by atoms with Crippen molar-refractivity contribution in [3.8, 4) is 6.07 Å². The second-order valence-electron chi connectivity index (χ2n) is 4.52. The molecule has 2 aliphatic rings. The standard InChI is InChI=1S/C11H19N3O/c12-8-9-1-2-10(13)7-11(9)14-3-5-15-6-4-14/h9-11H,1-7,13H2. The van der Waals surface area contributed by atoms with Crippen molar-refractivity contribution in [1.29, 1.82) is 5.26 Å². The lowest BCUT2D eigenvalue weighted by atomic mass is 9.82. The SMILES string of the molecule is N#CC1CCC(N)CC1N1CCOCC1. The molecule has 2 rings (SSSR count). The summed E-state index contributed by atoms with van der Waals surface area (Å²) < 4.78 is 5.33. The second-order valence-corrected chi connectivity index (χ2v) is 4.52. The quantitative estimate of drug-likeness (QED) is 0.676. The number of nitriles is 1. The number of hydrogen-bond donors (Lipinski definition) is 1. The normalized spacial score (nSPS) is 38.5. The summed E-state index contributed by atoms with van der Waals surface area (Å²) in [5, 5.41) is 9.13. The van der Waals surface area contributed by atoms with E-state index in [4.69, 9.17) is 15.7 Å². The number of rotatable bonds is 1. The van der Waals surface area contributed by atoms with Gasteiger partial charge in [0, 0.05) is 25.2 Å². The largest absolute Gasteiger partial charge is 0.379 e. The molecule has 0 bridgehead atoms. The minimum atomic E-state index is 0.169. The lowest BCUT2D eigenvalue weighted by Gasteiger charge is -2.40. The Labute approximate surface area is 91.0 Å². The third-order valence-electron chi connectivity index (χ3n) is 3.54. The summed E-state index contributed by atoms with van der Waals surface area (Å²) in [6.07, 6.45) is 2.93. The minimum Gasteiger partial charge on any atom is -0.379 e. The van der Waals surface area contributed by atoms with Gasteiger partial charge in [0.1, 0.15) is 0 Å². The van der Waals surface area contributed by atoms with Gasteiger partial charge in [-0.25, -0.2) is 0 Å². The van der Waals surface area contributed by atoms with E-state index in [1.165, 1.54) is 0 Å². The average molecular weight is 209 g/mol. The summed E-state index contributed by atoms with van der Waals surface area (Å²) in [5.74, 6) is 0.169. The van der Waals surface area contributed by atoms with E-state index in [2.05, 4.69) is 11.0 Å². The van der Waals surface area contributed by atoms with Gasteiger partial charge in [0.05, 0.1) is 25.2 Å². The first-order valence-electron chi connectivity index (χ1n) is 5.78. The van der Waals surface area contributed by atoms with E-state index in [-0.39, 0.29) is 12.0 Å². The predicted molar refractivity (Wildman–Crippen MR) is 57.1 cm³/mol. The highest BCUT2D eigenvalue weighted by atomic mass is 16.5. The van der Waals surface area contributed by atoms with Crippen LogP contribution >= 0.6 is 0 Å². The molecule has 4 heteroatoms. The topological polar surface area (TPSA) is 62.3 Å². The molecule has 1 aliphatic heterocycles. The first-order chi connectivity index (χ1) is 7.31. The van der Waals surface area contributed by atoms with Crippen molar-refractivity contribution in [3.05, 3.63) is 0 Å². The maximum absolute atomic E-state index is 9.13. The van der Waals surface area contributed by atoms with Crippen molar-refractivity contribution >= 4 is 0 Å².